The largest absolute Gasteiger partial charge is 0.465 e. The molecule has 9 heteroatoms. The number of esters is 1. The van der Waals surface area contributed by atoms with Gasteiger partial charge in [0, 0.05) is 35.3 Å². The molecule has 1 aliphatic rings. The van der Waals surface area contributed by atoms with E-state index in [1.165, 1.54) is 13.3 Å². The Kier molecular flexibility index (Phi) is 4.59. The first kappa shape index (κ1) is 19.1. The van der Waals surface area contributed by atoms with Crippen molar-refractivity contribution >= 4 is 27.9 Å². The number of H-pyrrole nitrogens is 1. The molecule has 31 heavy (non-hydrogen) atoms. The molecule has 0 unspecified atom stereocenters. The van der Waals surface area contributed by atoms with Crippen molar-refractivity contribution in [1.82, 2.24) is 14.5 Å². The van der Waals surface area contributed by atoms with Gasteiger partial charge in [-0.1, -0.05) is 0 Å². The zero-order valence-corrected chi connectivity index (χ0v) is 16.8. The summed E-state index contributed by atoms with van der Waals surface area (Å²) in [5.41, 5.74) is 9.41. The van der Waals surface area contributed by atoms with E-state index in [9.17, 15) is 9.59 Å². The van der Waals surface area contributed by atoms with Crippen LogP contribution in [0.3, 0.4) is 0 Å². The third-order valence-corrected chi connectivity index (χ3v) is 5.38. The molecule has 0 fully saturated rings. The number of nitrogens with two attached hydrogens (primary N) is 1. The SMILES string of the molecule is COC(=O)c1ccc2c(c1)c(-c1c3c(cc4[nH]c(=O)cnc14)OCO3)cn2CCCN. The molecule has 3 heterocycles. The summed E-state index contributed by atoms with van der Waals surface area (Å²) in [4.78, 5) is 31.2. The molecule has 0 saturated heterocycles. The van der Waals surface area contributed by atoms with E-state index in [0.717, 1.165) is 22.9 Å². The summed E-state index contributed by atoms with van der Waals surface area (Å²) >= 11 is 0. The Labute approximate surface area is 176 Å². The summed E-state index contributed by atoms with van der Waals surface area (Å²) in [5.74, 6) is 0.652. The van der Waals surface area contributed by atoms with Gasteiger partial charge in [0.25, 0.3) is 5.56 Å². The standard InChI is InChI=1S/C22H20N4O5/c1-29-22(28)12-3-4-16-13(7-12)14(10-26(16)6-2-5-23)19-20-15(25-18(27)9-24-20)8-17-21(19)31-11-30-17/h3-4,7-10H,2,5-6,11,23H2,1H3,(H,25,27). The van der Waals surface area contributed by atoms with E-state index < -0.39 is 5.97 Å². The predicted molar refractivity (Wildman–Crippen MR) is 114 cm³/mol. The Bertz CT molecular complexity index is 1390. The molecule has 0 spiro atoms. The van der Waals surface area contributed by atoms with E-state index >= 15 is 0 Å². The van der Waals surface area contributed by atoms with Gasteiger partial charge >= 0.3 is 5.97 Å². The number of carbonyl (C=O) groups excluding carboxylic acids is 1. The monoisotopic (exact) mass is 420 g/mol. The Morgan fingerprint density at radius 2 is 2.19 bits per heavy atom. The minimum Gasteiger partial charge on any atom is -0.465 e. The van der Waals surface area contributed by atoms with E-state index in [1.807, 2.05) is 12.3 Å². The van der Waals surface area contributed by atoms with Crippen LogP contribution in [0.2, 0.25) is 0 Å². The van der Waals surface area contributed by atoms with Crippen molar-refractivity contribution in [1.29, 1.82) is 0 Å². The zero-order chi connectivity index (χ0) is 21.5. The number of hydrogen-bond donors (Lipinski definition) is 2. The molecule has 0 bridgehead atoms. The second-order valence-electron chi connectivity index (χ2n) is 7.23. The number of carbonyl (C=O) groups is 1. The van der Waals surface area contributed by atoms with E-state index in [2.05, 4.69) is 14.5 Å². The van der Waals surface area contributed by atoms with Crippen molar-refractivity contribution < 1.29 is 19.0 Å². The molecule has 0 radical (unpaired) electrons. The highest BCUT2D eigenvalue weighted by Gasteiger charge is 2.26. The Balaban J connectivity index is 1.85. The van der Waals surface area contributed by atoms with Gasteiger partial charge in [-0.3, -0.25) is 4.79 Å². The lowest BCUT2D eigenvalue weighted by atomic mass is 10.00. The number of methoxy groups -OCH3 is 1. The number of aryl methyl sites for hydroxylation is 1. The van der Waals surface area contributed by atoms with Crippen LogP contribution < -0.4 is 20.8 Å². The molecule has 2 aromatic carbocycles. The number of rotatable bonds is 5. The molecular formula is C22H20N4O5. The lowest BCUT2D eigenvalue weighted by molar-refractivity contribution is 0.0601. The number of nitrogens with one attached hydrogen (secondary N) is 1. The molecule has 0 saturated carbocycles. The lowest BCUT2D eigenvalue weighted by Gasteiger charge is -2.09. The van der Waals surface area contributed by atoms with Crippen LogP contribution in [0.5, 0.6) is 11.5 Å². The molecule has 1 aliphatic heterocycles. The highest BCUT2D eigenvalue weighted by molar-refractivity contribution is 6.08. The van der Waals surface area contributed by atoms with Gasteiger partial charge < -0.3 is 29.5 Å². The third-order valence-electron chi connectivity index (χ3n) is 5.38. The molecule has 5 rings (SSSR count). The number of nitrogens with zero attached hydrogens (tertiary/aromatic N) is 2. The van der Waals surface area contributed by atoms with Gasteiger partial charge in [-0.15, -0.1) is 0 Å². The number of benzene rings is 2. The molecule has 9 nitrogen and oxygen atoms in total. The number of ether oxygens (including phenoxy) is 3. The maximum atomic E-state index is 12.2. The van der Waals surface area contributed by atoms with E-state index in [0.29, 0.717) is 46.7 Å². The molecule has 3 N–H and O–H groups in total. The molecule has 0 aliphatic carbocycles. The average molecular weight is 420 g/mol. The summed E-state index contributed by atoms with van der Waals surface area (Å²) in [6.07, 6.45) is 4.02. The number of fused-ring (bicyclic) bond motifs is 3. The van der Waals surface area contributed by atoms with Crippen LogP contribution in [-0.4, -0.2) is 41.0 Å². The van der Waals surface area contributed by atoms with Crippen LogP contribution in [0.15, 0.2) is 41.5 Å². The number of aromatic amines is 1. The fraction of sp³-hybridized carbons (Fsp3) is 0.227. The average Bonchev–Trinajstić information content (AvgIpc) is 3.39. The second-order valence-corrected chi connectivity index (χ2v) is 7.23. The van der Waals surface area contributed by atoms with Gasteiger partial charge in [-0.2, -0.15) is 0 Å². The van der Waals surface area contributed by atoms with Gasteiger partial charge in [0.05, 0.1) is 35.5 Å². The normalized spacial score (nSPS) is 12.6. The first-order chi connectivity index (χ1) is 15.1. The van der Waals surface area contributed by atoms with Crippen molar-refractivity contribution in [2.45, 2.75) is 13.0 Å². The van der Waals surface area contributed by atoms with E-state index in [4.69, 9.17) is 19.9 Å². The van der Waals surface area contributed by atoms with Gasteiger partial charge in [0.15, 0.2) is 11.5 Å². The fourth-order valence-corrected chi connectivity index (χ4v) is 3.99. The third kappa shape index (κ3) is 3.10. The number of hydrogen-bond acceptors (Lipinski definition) is 7. The highest BCUT2D eigenvalue weighted by Crippen LogP contribution is 2.47. The minimum absolute atomic E-state index is 0.0715. The minimum atomic E-state index is -0.423. The Morgan fingerprint density at radius 3 is 3.00 bits per heavy atom. The first-order valence-corrected chi connectivity index (χ1v) is 9.84. The van der Waals surface area contributed by atoms with Gasteiger partial charge in [-0.25, -0.2) is 9.78 Å². The Hall–Kier alpha value is -3.85. The maximum Gasteiger partial charge on any atom is 0.337 e. The van der Waals surface area contributed by atoms with Gasteiger partial charge in [0.1, 0.15) is 0 Å². The van der Waals surface area contributed by atoms with Crippen LogP contribution in [0, 0.1) is 0 Å². The topological polar surface area (TPSA) is 121 Å². The van der Waals surface area contributed by atoms with Crippen LogP contribution in [-0.2, 0) is 11.3 Å². The maximum absolute atomic E-state index is 12.2. The summed E-state index contributed by atoms with van der Waals surface area (Å²) in [5, 5.41) is 0.832. The van der Waals surface area contributed by atoms with Crippen molar-refractivity contribution in [2.24, 2.45) is 5.73 Å². The van der Waals surface area contributed by atoms with Crippen molar-refractivity contribution in [3.05, 3.63) is 52.6 Å². The fourth-order valence-electron chi connectivity index (χ4n) is 3.99. The van der Waals surface area contributed by atoms with Gasteiger partial charge in [0.2, 0.25) is 6.79 Å². The summed E-state index contributed by atoms with van der Waals surface area (Å²) in [6.45, 7) is 1.33. The smallest absolute Gasteiger partial charge is 0.337 e. The van der Waals surface area contributed by atoms with E-state index in [1.54, 1.807) is 18.2 Å². The molecule has 158 valence electrons. The van der Waals surface area contributed by atoms with Gasteiger partial charge in [-0.05, 0) is 31.2 Å². The molecular weight excluding hydrogens is 400 g/mol. The molecule has 0 atom stereocenters. The second kappa shape index (κ2) is 7.44. The lowest BCUT2D eigenvalue weighted by Crippen LogP contribution is -2.05. The van der Waals surface area contributed by atoms with Crippen LogP contribution >= 0.6 is 0 Å². The quantitative estimate of drug-likeness (QED) is 0.476. The van der Waals surface area contributed by atoms with Crippen molar-refractivity contribution in [3.8, 4) is 22.6 Å². The predicted octanol–water partition coefficient (Wildman–Crippen LogP) is 2.41. The zero-order valence-electron chi connectivity index (χ0n) is 16.8. The van der Waals surface area contributed by atoms with E-state index in [-0.39, 0.29) is 12.4 Å². The van der Waals surface area contributed by atoms with Crippen LogP contribution in [0.1, 0.15) is 16.8 Å². The first-order valence-electron chi connectivity index (χ1n) is 9.84. The molecule has 0 amide bonds. The summed E-state index contributed by atoms with van der Waals surface area (Å²) in [7, 11) is 1.35. The number of aromatic nitrogens is 3. The van der Waals surface area contributed by atoms with Crippen LogP contribution in [0.25, 0.3) is 33.1 Å². The van der Waals surface area contributed by atoms with Crippen molar-refractivity contribution in [3.63, 3.8) is 0 Å². The summed E-state index contributed by atoms with van der Waals surface area (Å²) < 4.78 is 18.4. The van der Waals surface area contributed by atoms with Crippen LogP contribution in [0.4, 0.5) is 0 Å². The molecule has 4 aromatic rings. The molecule has 2 aromatic heterocycles. The van der Waals surface area contributed by atoms with Crippen molar-refractivity contribution in [2.75, 3.05) is 20.4 Å². The summed E-state index contributed by atoms with van der Waals surface area (Å²) in [6, 6.07) is 7.13. The Morgan fingerprint density at radius 1 is 1.32 bits per heavy atom. The highest BCUT2D eigenvalue weighted by atomic mass is 16.7.